The Balaban J connectivity index is 1.18. The van der Waals surface area contributed by atoms with Gasteiger partial charge in [0, 0.05) is 74.5 Å². The Hall–Kier alpha value is -3.67. The topological polar surface area (TPSA) is 108 Å². The van der Waals surface area contributed by atoms with Crippen molar-refractivity contribution in [3.63, 3.8) is 0 Å². The summed E-state index contributed by atoms with van der Waals surface area (Å²) in [4.78, 5) is 42.5. The van der Waals surface area contributed by atoms with Crippen LogP contribution in [-0.2, 0) is 20.9 Å². The molecule has 3 aromatic heterocycles. The molecule has 0 bridgehead atoms. The number of rotatable bonds is 9. The molecular weight excluding hydrogens is 538 g/mol. The molecule has 41 heavy (non-hydrogen) atoms. The minimum absolute atomic E-state index is 0.0211. The first-order chi connectivity index (χ1) is 20.1. The standard InChI is InChI=1S/C30H35N7O3S/c1-2-3-5-21(38)8-9-27(39)36-12-10-35(11-13-36)20-22-18-26-28(41-22)30(37-14-16-40-17-15-37)33-29(32-26)23-6-4-7-25-24(23)19-31-34-25/h3-7,18-19H,2,8-17,20H2,1H3,(H,31,34). The van der Waals surface area contributed by atoms with E-state index in [0.717, 1.165) is 71.6 Å². The molecule has 1 N–H and O–H groups in total. The number of ether oxygens (including phenoxy) is 1. The minimum atomic E-state index is 0.0211. The summed E-state index contributed by atoms with van der Waals surface area (Å²) in [7, 11) is 0. The molecule has 0 radical (unpaired) electrons. The maximum atomic E-state index is 12.7. The average molecular weight is 574 g/mol. The largest absolute Gasteiger partial charge is 0.378 e. The second-order valence-electron chi connectivity index (χ2n) is 10.5. The number of benzene rings is 1. The lowest BCUT2D eigenvalue weighted by Gasteiger charge is -2.34. The van der Waals surface area contributed by atoms with Crippen LogP contribution in [0.3, 0.4) is 0 Å². The van der Waals surface area contributed by atoms with Crippen molar-refractivity contribution in [2.45, 2.75) is 32.7 Å². The average Bonchev–Trinajstić information content (AvgIpc) is 3.66. The summed E-state index contributed by atoms with van der Waals surface area (Å²) in [5.41, 5.74) is 2.87. The summed E-state index contributed by atoms with van der Waals surface area (Å²) in [5, 5.41) is 8.27. The summed E-state index contributed by atoms with van der Waals surface area (Å²) < 4.78 is 6.72. The molecule has 0 unspecified atom stereocenters. The number of aromatic nitrogens is 4. The summed E-state index contributed by atoms with van der Waals surface area (Å²) >= 11 is 1.75. The Labute approximate surface area is 243 Å². The van der Waals surface area contributed by atoms with Gasteiger partial charge < -0.3 is 14.5 Å². The number of carbonyl (C=O) groups is 2. The molecular formula is C30H35N7O3S. The van der Waals surface area contributed by atoms with Crippen molar-refractivity contribution in [2.75, 3.05) is 57.4 Å². The van der Waals surface area contributed by atoms with Crippen LogP contribution in [0.15, 0.2) is 42.6 Å². The first-order valence-electron chi connectivity index (χ1n) is 14.3. The Morgan fingerprint density at radius 2 is 1.90 bits per heavy atom. The molecule has 0 saturated carbocycles. The van der Waals surface area contributed by atoms with Gasteiger partial charge in [0.15, 0.2) is 17.4 Å². The van der Waals surface area contributed by atoms with Crippen LogP contribution in [-0.4, -0.2) is 94.1 Å². The van der Waals surface area contributed by atoms with Gasteiger partial charge in [0.2, 0.25) is 5.91 Å². The second kappa shape index (κ2) is 12.5. The fourth-order valence-corrected chi connectivity index (χ4v) is 6.57. The monoisotopic (exact) mass is 573 g/mol. The lowest BCUT2D eigenvalue weighted by atomic mass is 10.1. The Morgan fingerprint density at radius 3 is 2.71 bits per heavy atom. The Morgan fingerprint density at radius 1 is 1.07 bits per heavy atom. The fraction of sp³-hybridized carbons (Fsp3) is 0.433. The van der Waals surface area contributed by atoms with Gasteiger partial charge in [-0.05, 0) is 24.6 Å². The van der Waals surface area contributed by atoms with E-state index in [9.17, 15) is 9.59 Å². The van der Waals surface area contributed by atoms with Gasteiger partial charge in [-0.25, -0.2) is 9.97 Å². The number of piperazine rings is 1. The molecule has 5 heterocycles. The predicted molar refractivity (Wildman–Crippen MR) is 161 cm³/mol. The van der Waals surface area contributed by atoms with E-state index >= 15 is 0 Å². The lowest BCUT2D eigenvalue weighted by Crippen LogP contribution is -2.48. The SMILES string of the molecule is CCC=CC(=O)CCC(=O)N1CCN(Cc2cc3nc(-c4cccc5[nH]ncc45)nc(N4CCOCC4)c3s2)CC1. The number of hydrogen-bond donors (Lipinski definition) is 1. The zero-order valence-electron chi connectivity index (χ0n) is 23.3. The zero-order chi connectivity index (χ0) is 28.2. The third-order valence-electron chi connectivity index (χ3n) is 7.67. The molecule has 1 aromatic carbocycles. The van der Waals surface area contributed by atoms with Gasteiger partial charge in [-0.15, -0.1) is 11.3 Å². The van der Waals surface area contributed by atoms with Crippen molar-refractivity contribution in [2.24, 2.45) is 0 Å². The van der Waals surface area contributed by atoms with Gasteiger partial charge >= 0.3 is 0 Å². The number of H-pyrrole nitrogens is 1. The highest BCUT2D eigenvalue weighted by Crippen LogP contribution is 2.36. The second-order valence-corrected chi connectivity index (χ2v) is 11.6. The molecule has 1 amide bonds. The third-order valence-corrected chi connectivity index (χ3v) is 8.78. The molecule has 0 spiro atoms. The van der Waals surface area contributed by atoms with Crippen LogP contribution < -0.4 is 4.90 Å². The molecule has 2 fully saturated rings. The summed E-state index contributed by atoms with van der Waals surface area (Å²) in [6.07, 6.45) is 6.65. The lowest BCUT2D eigenvalue weighted by molar-refractivity contribution is -0.134. The molecule has 2 saturated heterocycles. The first-order valence-corrected chi connectivity index (χ1v) is 15.2. The molecule has 2 aliphatic heterocycles. The number of amides is 1. The molecule has 0 atom stereocenters. The third kappa shape index (κ3) is 6.17. The molecule has 0 aliphatic carbocycles. The van der Waals surface area contributed by atoms with Crippen LogP contribution in [0.25, 0.3) is 32.5 Å². The smallest absolute Gasteiger partial charge is 0.223 e. The van der Waals surface area contributed by atoms with Crippen molar-refractivity contribution in [3.05, 3.63) is 47.5 Å². The van der Waals surface area contributed by atoms with Gasteiger partial charge in [-0.2, -0.15) is 5.10 Å². The number of hydrogen-bond acceptors (Lipinski definition) is 9. The van der Waals surface area contributed by atoms with E-state index in [2.05, 4.69) is 26.1 Å². The fourth-order valence-electron chi connectivity index (χ4n) is 5.41. The number of aromatic amines is 1. The van der Waals surface area contributed by atoms with Crippen LogP contribution >= 0.6 is 11.3 Å². The molecule has 214 valence electrons. The van der Waals surface area contributed by atoms with Gasteiger partial charge in [-0.3, -0.25) is 19.6 Å². The van der Waals surface area contributed by atoms with Crippen LogP contribution in [0.5, 0.6) is 0 Å². The van der Waals surface area contributed by atoms with Crippen LogP contribution in [0, 0.1) is 0 Å². The number of thiophene rings is 1. The number of allylic oxidation sites excluding steroid dienone is 2. The highest BCUT2D eigenvalue weighted by molar-refractivity contribution is 7.19. The van der Waals surface area contributed by atoms with E-state index in [1.165, 1.54) is 4.88 Å². The first kappa shape index (κ1) is 27.5. The molecule has 10 nitrogen and oxygen atoms in total. The van der Waals surface area contributed by atoms with Gasteiger partial charge in [0.25, 0.3) is 0 Å². The highest BCUT2D eigenvalue weighted by Gasteiger charge is 2.24. The summed E-state index contributed by atoms with van der Waals surface area (Å²) in [6.45, 7) is 8.73. The van der Waals surface area contributed by atoms with Crippen molar-refractivity contribution < 1.29 is 14.3 Å². The van der Waals surface area contributed by atoms with E-state index in [-0.39, 0.29) is 24.5 Å². The number of nitrogens with one attached hydrogen (secondary N) is 1. The minimum Gasteiger partial charge on any atom is -0.378 e. The van der Waals surface area contributed by atoms with Crippen molar-refractivity contribution in [1.29, 1.82) is 0 Å². The van der Waals surface area contributed by atoms with Crippen molar-refractivity contribution in [3.8, 4) is 11.4 Å². The number of nitrogens with zero attached hydrogens (tertiary/aromatic N) is 6. The van der Waals surface area contributed by atoms with E-state index < -0.39 is 0 Å². The quantitative estimate of drug-likeness (QED) is 0.299. The summed E-state index contributed by atoms with van der Waals surface area (Å²) in [5.74, 6) is 1.75. The van der Waals surface area contributed by atoms with E-state index in [4.69, 9.17) is 14.7 Å². The van der Waals surface area contributed by atoms with E-state index in [1.54, 1.807) is 17.4 Å². The Bertz CT molecular complexity index is 1560. The number of fused-ring (bicyclic) bond motifs is 2. The predicted octanol–water partition coefficient (Wildman–Crippen LogP) is 4.03. The number of ketones is 1. The van der Waals surface area contributed by atoms with Crippen LogP contribution in [0.4, 0.5) is 5.82 Å². The van der Waals surface area contributed by atoms with Crippen molar-refractivity contribution >= 4 is 50.0 Å². The van der Waals surface area contributed by atoms with Gasteiger partial charge in [-0.1, -0.05) is 25.1 Å². The maximum Gasteiger partial charge on any atom is 0.223 e. The normalized spacial score (nSPS) is 16.8. The molecule has 11 heteroatoms. The van der Waals surface area contributed by atoms with Crippen LogP contribution in [0.1, 0.15) is 31.1 Å². The maximum absolute atomic E-state index is 12.7. The number of carbonyl (C=O) groups excluding carboxylic acids is 2. The van der Waals surface area contributed by atoms with Crippen molar-refractivity contribution in [1.82, 2.24) is 30.0 Å². The summed E-state index contributed by atoms with van der Waals surface area (Å²) in [6, 6.07) is 8.25. The zero-order valence-corrected chi connectivity index (χ0v) is 24.2. The van der Waals surface area contributed by atoms with Gasteiger partial charge in [0.1, 0.15) is 0 Å². The van der Waals surface area contributed by atoms with Gasteiger partial charge in [0.05, 0.1) is 35.1 Å². The molecule has 2 aliphatic rings. The molecule has 6 rings (SSSR count). The number of anilines is 1. The highest BCUT2D eigenvalue weighted by atomic mass is 32.1. The Kier molecular flexibility index (Phi) is 8.36. The van der Waals surface area contributed by atoms with E-state index in [0.29, 0.717) is 32.1 Å². The number of morpholine rings is 1. The molecule has 4 aromatic rings. The van der Waals surface area contributed by atoms with E-state index in [1.807, 2.05) is 42.3 Å². The van der Waals surface area contributed by atoms with Crippen LogP contribution in [0.2, 0.25) is 0 Å².